The Morgan fingerprint density at radius 3 is 3.00 bits per heavy atom. The van der Waals surface area contributed by atoms with E-state index in [9.17, 15) is 0 Å². The number of rotatable bonds is 7. The quantitative estimate of drug-likeness (QED) is 0.341. The van der Waals surface area contributed by atoms with Gasteiger partial charge in [-0.15, -0.1) is 24.0 Å². The minimum absolute atomic E-state index is 0. The zero-order valence-corrected chi connectivity index (χ0v) is 19.7. The summed E-state index contributed by atoms with van der Waals surface area (Å²) in [6.45, 7) is 9.49. The minimum Gasteiger partial charge on any atom is -0.493 e. The van der Waals surface area contributed by atoms with Crippen LogP contribution in [0.3, 0.4) is 0 Å². The zero-order valence-electron chi connectivity index (χ0n) is 17.4. The summed E-state index contributed by atoms with van der Waals surface area (Å²) in [6, 6.07) is 6.99. The Kier molecular flexibility index (Phi) is 9.81. The normalized spacial score (nSPS) is 22.3. The van der Waals surface area contributed by atoms with Crippen molar-refractivity contribution in [2.75, 3.05) is 39.9 Å². The van der Waals surface area contributed by atoms with Gasteiger partial charge in [-0.05, 0) is 44.4 Å². The average molecular weight is 502 g/mol. The Hall–Kier alpha value is -1.06. The molecule has 2 saturated heterocycles. The molecule has 0 spiro atoms. The van der Waals surface area contributed by atoms with E-state index in [0.29, 0.717) is 12.6 Å². The first-order valence-corrected chi connectivity index (χ1v) is 10.2. The number of hydrogen-bond donors (Lipinski definition) is 2. The van der Waals surface area contributed by atoms with Crippen LogP contribution >= 0.6 is 24.0 Å². The fourth-order valence-corrected chi connectivity index (χ4v) is 3.77. The number of nitrogens with one attached hydrogen (secondary N) is 2. The van der Waals surface area contributed by atoms with Gasteiger partial charge in [-0.2, -0.15) is 0 Å². The molecule has 2 unspecified atom stereocenters. The zero-order chi connectivity index (χ0) is 19.1. The van der Waals surface area contributed by atoms with Crippen molar-refractivity contribution in [3.05, 3.63) is 29.3 Å². The molecule has 6 nitrogen and oxygen atoms in total. The third-order valence-electron chi connectivity index (χ3n) is 5.31. The number of aryl methyl sites for hydroxylation is 1. The highest BCUT2D eigenvalue weighted by Crippen LogP contribution is 2.22. The van der Waals surface area contributed by atoms with Gasteiger partial charge < -0.3 is 20.1 Å². The maximum Gasteiger partial charge on any atom is 0.191 e. The van der Waals surface area contributed by atoms with Gasteiger partial charge >= 0.3 is 0 Å². The Labute approximate surface area is 186 Å². The fourth-order valence-electron chi connectivity index (χ4n) is 3.77. The van der Waals surface area contributed by atoms with Gasteiger partial charge in [0, 0.05) is 38.3 Å². The molecule has 2 heterocycles. The molecule has 2 N–H and O–H groups in total. The first-order chi connectivity index (χ1) is 13.2. The van der Waals surface area contributed by atoms with Gasteiger partial charge in [0.2, 0.25) is 0 Å². The molecular formula is C21H35IN4O2. The summed E-state index contributed by atoms with van der Waals surface area (Å²) in [6.07, 6.45) is 3.81. The Balaban J connectivity index is 0.00000280. The minimum atomic E-state index is 0. The number of morpholine rings is 1. The van der Waals surface area contributed by atoms with E-state index in [1.807, 2.05) is 0 Å². The van der Waals surface area contributed by atoms with Crippen LogP contribution in [-0.4, -0.2) is 62.9 Å². The predicted octanol–water partition coefficient (Wildman–Crippen LogP) is 2.93. The van der Waals surface area contributed by atoms with Crippen LogP contribution in [0.15, 0.2) is 23.2 Å². The molecule has 0 bridgehead atoms. The first-order valence-electron chi connectivity index (χ1n) is 10.2. The van der Waals surface area contributed by atoms with Gasteiger partial charge in [0.25, 0.3) is 0 Å². The topological polar surface area (TPSA) is 58.1 Å². The van der Waals surface area contributed by atoms with E-state index in [4.69, 9.17) is 9.47 Å². The van der Waals surface area contributed by atoms with Crippen molar-refractivity contribution in [1.29, 1.82) is 0 Å². The van der Waals surface area contributed by atoms with Crippen molar-refractivity contribution in [3.63, 3.8) is 0 Å². The van der Waals surface area contributed by atoms with Gasteiger partial charge in [-0.1, -0.05) is 19.1 Å². The van der Waals surface area contributed by atoms with E-state index in [1.165, 1.54) is 24.9 Å². The molecule has 0 aliphatic carbocycles. The second-order valence-electron chi connectivity index (χ2n) is 7.51. The maximum atomic E-state index is 6.02. The second kappa shape index (κ2) is 11.8. The third-order valence-corrected chi connectivity index (χ3v) is 5.31. The van der Waals surface area contributed by atoms with Crippen LogP contribution in [0.5, 0.6) is 5.75 Å². The smallest absolute Gasteiger partial charge is 0.191 e. The highest BCUT2D eigenvalue weighted by atomic mass is 127. The molecule has 0 radical (unpaired) electrons. The molecule has 3 rings (SSSR count). The second-order valence-corrected chi connectivity index (χ2v) is 7.51. The molecule has 28 heavy (non-hydrogen) atoms. The maximum absolute atomic E-state index is 6.02. The van der Waals surface area contributed by atoms with Crippen molar-refractivity contribution in [2.45, 2.75) is 51.8 Å². The molecule has 158 valence electrons. The van der Waals surface area contributed by atoms with Gasteiger partial charge in [0.05, 0.1) is 19.3 Å². The number of benzene rings is 1. The number of nitrogens with zero attached hydrogens (tertiary/aromatic N) is 2. The highest BCUT2D eigenvalue weighted by Gasteiger charge is 2.32. The molecule has 2 fully saturated rings. The standard InChI is InChI=1S/C21H34N4O2.HI/c1-4-10-26-20-11-16(2)7-8-17(20)12-23-21(22-3)24-13-19-14-25-9-5-6-18(25)15-27-19;/h7-8,11,18-19H,4-6,9-10,12-15H2,1-3H3,(H2,22,23,24);1H. The largest absolute Gasteiger partial charge is 0.493 e. The molecule has 7 heteroatoms. The first kappa shape index (κ1) is 23.2. The van der Waals surface area contributed by atoms with Gasteiger partial charge in [0.15, 0.2) is 5.96 Å². The van der Waals surface area contributed by atoms with Gasteiger partial charge in [-0.3, -0.25) is 9.89 Å². The van der Waals surface area contributed by atoms with Crippen LogP contribution in [0.2, 0.25) is 0 Å². The van der Waals surface area contributed by atoms with E-state index < -0.39 is 0 Å². The van der Waals surface area contributed by atoms with Crippen LogP contribution < -0.4 is 15.4 Å². The third kappa shape index (κ3) is 6.49. The van der Waals surface area contributed by atoms with Crippen LogP contribution in [-0.2, 0) is 11.3 Å². The van der Waals surface area contributed by atoms with E-state index in [0.717, 1.165) is 50.0 Å². The van der Waals surface area contributed by atoms with Gasteiger partial charge in [-0.25, -0.2) is 0 Å². The van der Waals surface area contributed by atoms with Crippen molar-refractivity contribution in [1.82, 2.24) is 15.5 Å². The summed E-state index contributed by atoms with van der Waals surface area (Å²) >= 11 is 0. The van der Waals surface area contributed by atoms with Crippen molar-refractivity contribution < 1.29 is 9.47 Å². The fraction of sp³-hybridized carbons (Fsp3) is 0.667. The molecule has 0 saturated carbocycles. The number of aliphatic imine (C=N–C) groups is 1. The molecule has 0 aromatic heterocycles. The summed E-state index contributed by atoms with van der Waals surface area (Å²) in [5, 5.41) is 6.81. The van der Waals surface area contributed by atoms with E-state index >= 15 is 0 Å². The van der Waals surface area contributed by atoms with E-state index in [1.54, 1.807) is 7.05 Å². The lowest BCUT2D eigenvalue weighted by Gasteiger charge is -2.35. The Morgan fingerprint density at radius 2 is 2.21 bits per heavy atom. The van der Waals surface area contributed by atoms with Crippen molar-refractivity contribution in [3.8, 4) is 5.75 Å². The number of halogens is 1. The van der Waals surface area contributed by atoms with Crippen molar-refractivity contribution in [2.24, 2.45) is 4.99 Å². The summed E-state index contributed by atoms with van der Waals surface area (Å²) in [5.74, 6) is 1.75. The summed E-state index contributed by atoms with van der Waals surface area (Å²) in [4.78, 5) is 6.91. The summed E-state index contributed by atoms with van der Waals surface area (Å²) in [7, 11) is 1.80. The molecule has 2 aliphatic rings. The van der Waals surface area contributed by atoms with Crippen LogP contribution in [0.25, 0.3) is 0 Å². The SMILES string of the molecule is CCCOc1cc(C)ccc1CNC(=NC)NCC1CN2CCCC2CO1.I. The summed E-state index contributed by atoms with van der Waals surface area (Å²) < 4.78 is 11.9. The molecule has 2 atom stereocenters. The predicted molar refractivity (Wildman–Crippen MR) is 125 cm³/mol. The van der Waals surface area contributed by atoms with Crippen LogP contribution in [0, 0.1) is 6.92 Å². The summed E-state index contributed by atoms with van der Waals surface area (Å²) in [5.41, 5.74) is 2.35. The number of hydrogen-bond acceptors (Lipinski definition) is 4. The molecule has 2 aliphatic heterocycles. The molecule has 0 amide bonds. The van der Waals surface area contributed by atoms with E-state index in [2.05, 4.69) is 52.6 Å². The number of fused-ring (bicyclic) bond motifs is 1. The highest BCUT2D eigenvalue weighted by molar-refractivity contribution is 14.0. The molecule has 1 aromatic carbocycles. The lowest BCUT2D eigenvalue weighted by atomic mass is 10.1. The Bertz CT molecular complexity index is 641. The Morgan fingerprint density at radius 1 is 1.36 bits per heavy atom. The van der Waals surface area contributed by atoms with Crippen LogP contribution in [0.1, 0.15) is 37.3 Å². The van der Waals surface area contributed by atoms with Crippen molar-refractivity contribution >= 4 is 29.9 Å². The average Bonchev–Trinajstić information content (AvgIpc) is 3.15. The van der Waals surface area contributed by atoms with Crippen LogP contribution in [0.4, 0.5) is 0 Å². The number of ether oxygens (including phenoxy) is 2. The number of guanidine groups is 1. The molecular weight excluding hydrogens is 467 g/mol. The molecule has 1 aromatic rings. The van der Waals surface area contributed by atoms with Gasteiger partial charge in [0.1, 0.15) is 5.75 Å². The lowest BCUT2D eigenvalue weighted by Crippen LogP contribution is -2.51. The lowest BCUT2D eigenvalue weighted by molar-refractivity contribution is -0.0453. The van der Waals surface area contributed by atoms with E-state index in [-0.39, 0.29) is 30.1 Å². The monoisotopic (exact) mass is 502 g/mol.